The lowest BCUT2D eigenvalue weighted by Gasteiger charge is -2.21. The number of amides is 1. The second-order valence-corrected chi connectivity index (χ2v) is 6.01. The van der Waals surface area contributed by atoms with Crippen molar-refractivity contribution < 1.29 is 9.53 Å². The Hall–Kier alpha value is -2.62. The van der Waals surface area contributed by atoms with Crippen molar-refractivity contribution >= 4 is 11.6 Å². The van der Waals surface area contributed by atoms with Crippen LogP contribution in [0.4, 0.5) is 0 Å². The van der Waals surface area contributed by atoms with Gasteiger partial charge >= 0.3 is 0 Å². The lowest BCUT2D eigenvalue weighted by molar-refractivity contribution is -0.130. The van der Waals surface area contributed by atoms with Gasteiger partial charge in [0.15, 0.2) is 0 Å². The lowest BCUT2D eigenvalue weighted by atomic mass is 9.97. The second kappa shape index (κ2) is 6.87. The topological polar surface area (TPSA) is 41.9 Å². The first-order valence-electron chi connectivity index (χ1n) is 8.25. The van der Waals surface area contributed by atoms with Crippen LogP contribution in [0.3, 0.4) is 0 Å². The van der Waals surface area contributed by atoms with Gasteiger partial charge in [0.1, 0.15) is 5.75 Å². The summed E-state index contributed by atoms with van der Waals surface area (Å²) in [5.74, 6) is 0.770. The molecule has 0 aliphatic carbocycles. The largest absolute Gasteiger partial charge is 0.494 e. The SMILES string of the molecule is CCOc1cccc([C@H]2CC(c3cccc(C)c3)=NN2C(C)=O)c1. The molecule has 0 spiro atoms. The Bertz CT molecular complexity index is 783. The average Bonchev–Trinajstić information content (AvgIpc) is 3.01. The van der Waals surface area contributed by atoms with E-state index in [1.165, 1.54) is 5.56 Å². The molecular weight excluding hydrogens is 300 g/mol. The van der Waals surface area contributed by atoms with Crippen LogP contribution in [0.1, 0.15) is 43.0 Å². The number of benzene rings is 2. The van der Waals surface area contributed by atoms with Gasteiger partial charge in [0.25, 0.3) is 0 Å². The quantitative estimate of drug-likeness (QED) is 0.851. The minimum absolute atomic E-state index is 0.0514. The van der Waals surface area contributed by atoms with Crippen LogP contribution in [0.15, 0.2) is 53.6 Å². The highest BCUT2D eigenvalue weighted by molar-refractivity contribution is 6.03. The number of carbonyl (C=O) groups excluding carboxylic acids is 1. The van der Waals surface area contributed by atoms with E-state index in [0.717, 1.165) is 22.6 Å². The number of nitrogens with zero attached hydrogens (tertiary/aromatic N) is 2. The third-order valence-electron chi connectivity index (χ3n) is 4.14. The Balaban J connectivity index is 1.92. The number of carbonyl (C=O) groups is 1. The fourth-order valence-corrected chi connectivity index (χ4v) is 3.04. The zero-order valence-corrected chi connectivity index (χ0v) is 14.3. The predicted molar refractivity (Wildman–Crippen MR) is 95.2 cm³/mol. The Morgan fingerprint density at radius 3 is 2.75 bits per heavy atom. The highest BCUT2D eigenvalue weighted by Gasteiger charge is 2.31. The zero-order chi connectivity index (χ0) is 17.1. The van der Waals surface area contributed by atoms with E-state index in [4.69, 9.17) is 4.74 Å². The van der Waals surface area contributed by atoms with E-state index < -0.39 is 0 Å². The molecular formula is C20H22N2O2. The first kappa shape index (κ1) is 16.2. The molecule has 4 heteroatoms. The molecule has 1 amide bonds. The Kier molecular flexibility index (Phi) is 4.65. The molecule has 0 saturated carbocycles. The van der Waals surface area contributed by atoms with E-state index in [9.17, 15) is 4.79 Å². The second-order valence-electron chi connectivity index (χ2n) is 6.01. The van der Waals surface area contributed by atoms with E-state index in [0.29, 0.717) is 13.0 Å². The average molecular weight is 322 g/mol. The molecule has 2 aromatic carbocycles. The van der Waals surface area contributed by atoms with Crippen molar-refractivity contribution in [3.63, 3.8) is 0 Å². The van der Waals surface area contributed by atoms with Crippen LogP contribution >= 0.6 is 0 Å². The summed E-state index contributed by atoms with van der Waals surface area (Å²) in [5, 5.41) is 6.18. The van der Waals surface area contributed by atoms with Gasteiger partial charge in [0.2, 0.25) is 5.91 Å². The van der Waals surface area contributed by atoms with Crippen LogP contribution in [-0.4, -0.2) is 23.2 Å². The first-order valence-corrected chi connectivity index (χ1v) is 8.25. The molecule has 0 unspecified atom stereocenters. The maximum atomic E-state index is 12.1. The molecule has 0 radical (unpaired) electrons. The maximum absolute atomic E-state index is 12.1. The number of hydrogen-bond acceptors (Lipinski definition) is 3. The van der Waals surface area contributed by atoms with Crippen LogP contribution < -0.4 is 4.74 Å². The van der Waals surface area contributed by atoms with Crippen LogP contribution in [0, 0.1) is 6.92 Å². The van der Waals surface area contributed by atoms with Crippen molar-refractivity contribution in [2.24, 2.45) is 5.10 Å². The third-order valence-corrected chi connectivity index (χ3v) is 4.14. The van der Waals surface area contributed by atoms with Crippen LogP contribution in [0.25, 0.3) is 0 Å². The van der Waals surface area contributed by atoms with E-state index in [-0.39, 0.29) is 11.9 Å². The number of hydrogen-bond donors (Lipinski definition) is 0. The zero-order valence-electron chi connectivity index (χ0n) is 14.3. The lowest BCUT2D eigenvalue weighted by Crippen LogP contribution is -2.24. The number of rotatable bonds is 4. The molecule has 1 heterocycles. The fourth-order valence-electron chi connectivity index (χ4n) is 3.04. The van der Waals surface area contributed by atoms with E-state index in [1.54, 1.807) is 11.9 Å². The molecule has 1 aliphatic heterocycles. The first-order chi connectivity index (χ1) is 11.6. The van der Waals surface area contributed by atoms with Gasteiger partial charge in [-0.3, -0.25) is 4.79 Å². The van der Waals surface area contributed by atoms with Crippen molar-refractivity contribution in [1.29, 1.82) is 0 Å². The Morgan fingerprint density at radius 2 is 2.04 bits per heavy atom. The summed E-state index contributed by atoms with van der Waals surface area (Å²) in [6, 6.07) is 16.1. The molecule has 24 heavy (non-hydrogen) atoms. The van der Waals surface area contributed by atoms with Crippen molar-refractivity contribution in [2.45, 2.75) is 33.2 Å². The summed E-state index contributed by atoms with van der Waals surface area (Å²) in [6.45, 7) is 6.20. The summed E-state index contributed by atoms with van der Waals surface area (Å²) in [4.78, 5) is 12.1. The van der Waals surface area contributed by atoms with Crippen molar-refractivity contribution in [1.82, 2.24) is 5.01 Å². The molecule has 0 N–H and O–H groups in total. The minimum Gasteiger partial charge on any atom is -0.494 e. The normalized spacial score (nSPS) is 16.9. The molecule has 0 fully saturated rings. The summed E-state index contributed by atoms with van der Waals surface area (Å²) < 4.78 is 5.59. The number of hydrazone groups is 1. The fraction of sp³-hybridized carbons (Fsp3) is 0.300. The number of ether oxygens (including phenoxy) is 1. The third kappa shape index (κ3) is 3.32. The van der Waals surface area contributed by atoms with Crippen molar-refractivity contribution in [3.05, 3.63) is 65.2 Å². The van der Waals surface area contributed by atoms with Gasteiger partial charge in [-0.1, -0.05) is 42.0 Å². The number of aryl methyl sites for hydroxylation is 1. The Labute approximate surface area is 142 Å². The van der Waals surface area contributed by atoms with Gasteiger partial charge < -0.3 is 4.74 Å². The molecule has 2 aromatic rings. The molecule has 1 atom stereocenters. The van der Waals surface area contributed by atoms with E-state index in [2.05, 4.69) is 24.2 Å². The summed E-state index contributed by atoms with van der Waals surface area (Å²) in [6.07, 6.45) is 0.707. The molecule has 0 aromatic heterocycles. The van der Waals surface area contributed by atoms with Crippen LogP contribution in [0.2, 0.25) is 0 Å². The highest BCUT2D eigenvalue weighted by atomic mass is 16.5. The van der Waals surface area contributed by atoms with Gasteiger partial charge in [0.05, 0.1) is 18.4 Å². The predicted octanol–water partition coefficient (Wildman–Crippen LogP) is 4.09. The van der Waals surface area contributed by atoms with Gasteiger partial charge in [-0.15, -0.1) is 0 Å². The smallest absolute Gasteiger partial charge is 0.240 e. The van der Waals surface area contributed by atoms with Crippen LogP contribution in [0.5, 0.6) is 5.75 Å². The van der Waals surface area contributed by atoms with Gasteiger partial charge in [-0.05, 0) is 37.1 Å². The standard InChI is InChI=1S/C20H22N2O2/c1-4-24-18-10-6-9-17(12-18)20-13-19(21-22(20)15(3)23)16-8-5-7-14(2)11-16/h5-12,20H,4,13H2,1-3H3/t20-/m1/s1. The van der Waals surface area contributed by atoms with Crippen LogP contribution in [-0.2, 0) is 4.79 Å². The molecule has 0 bridgehead atoms. The summed E-state index contributed by atoms with van der Waals surface area (Å²) in [7, 11) is 0. The van der Waals surface area contributed by atoms with Crippen molar-refractivity contribution in [3.8, 4) is 5.75 Å². The molecule has 124 valence electrons. The molecule has 0 saturated heterocycles. The molecule has 4 nitrogen and oxygen atoms in total. The van der Waals surface area contributed by atoms with E-state index in [1.807, 2.05) is 43.3 Å². The highest BCUT2D eigenvalue weighted by Crippen LogP contribution is 2.34. The van der Waals surface area contributed by atoms with Crippen molar-refractivity contribution in [2.75, 3.05) is 6.61 Å². The Morgan fingerprint density at radius 1 is 1.25 bits per heavy atom. The summed E-state index contributed by atoms with van der Waals surface area (Å²) in [5.41, 5.74) is 4.25. The molecule has 3 rings (SSSR count). The maximum Gasteiger partial charge on any atom is 0.240 e. The monoisotopic (exact) mass is 322 g/mol. The summed E-state index contributed by atoms with van der Waals surface area (Å²) >= 11 is 0. The molecule has 1 aliphatic rings. The van der Waals surface area contributed by atoms with Gasteiger partial charge in [-0.25, -0.2) is 5.01 Å². The van der Waals surface area contributed by atoms with Gasteiger partial charge in [-0.2, -0.15) is 5.10 Å². The van der Waals surface area contributed by atoms with E-state index >= 15 is 0 Å². The van der Waals surface area contributed by atoms with Gasteiger partial charge in [0, 0.05) is 13.3 Å². The minimum atomic E-state index is -0.0848.